The van der Waals surface area contributed by atoms with Gasteiger partial charge in [0.1, 0.15) is 5.52 Å². The van der Waals surface area contributed by atoms with Gasteiger partial charge in [-0.3, -0.25) is 0 Å². The predicted molar refractivity (Wildman–Crippen MR) is 65.9 cm³/mol. The molecule has 1 saturated heterocycles. The number of anilines is 2. The Labute approximate surface area is 98.9 Å². The molecule has 5 heteroatoms. The van der Waals surface area contributed by atoms with Gasteiger partial charge in [0.25, 0.3) is 6.01 Å². The quantitative estimate of drug-likeness (QED) is 0.776. The maximum absolute atomic E-state index is 5.83. The Hall–Kier alpha value is -1.75. The number of nitrogens with two attached hydrogens (primary N) is 1. The molecule has 2 unspecified atom stereocenters. The number of nitrogen functional groups attached to an aromatic ring is 1. The Morgan fingerprint density at radius 1 is 1.47 bits per heavy atom. The van der Waals surface area contributed by atoms with Crippen molar-refractivity contribution in [1.29, 1.82) is 0 Å². The van der Waals surface area contributed by atoms with Crippen LogP contribution < -0.4 is 11.1 Å². The lowest BCUT2D eigenvalue weighted by Gasteiger charge is -2.13. The first-order valence-corrected chi connectivity index (χ1v) is 5.77. The van der Waals surface area contributed by atoms with Gasteiger partial charge in [-0.1, -0.05) is 6.07 Å². The third-order valence-corrected chi connectivity index (χ3v) is 3.14. The van der Waals surface area contributed by atoms with Crippen molar-refractivity contribution >= 4 is 22.8 Å². The van der Waals surface area contributed by atoms with Crippen LogP contribution in [-0.2, 0) is 4.74 Å². The second kappa shape index (κ2) is 3.92. The summed E-state index contributed by atoms with van der Waals surface area (Å²) in [6, 6.07) is 6.30. The van der Waals surface area contributed by atoms with Gasteiger partial charge in [-0.25, -0.2) is 0 Å². The molecule has 2 heterocycles. The number of nitrogens with one attached hydrogen (secondary N) is 1. The molecule has 2 atom stereocenters. The molecular formula is C12H15N3O2. The van der Waals surface area contributed by atoms with Crippen LogP contribution >= 0.6 is 0 Å². The Bertz CT molecular complexity index is 538. The Balaban J connectivity index is 1.88. The minimum atomic E-state index is 0.183. The van der Waals surface area contributed by atoms with E-state index in [0.29, 0.717) is 22.8 Å². The summed E-state index contributed by atoms with van der Waals surface area (Å²) in [4.78, 5) is 4.35. The number of hydrogen-bond acceptors (Lipinski definition) is 5. The average molecular weight is 233 g/mol. The summed E-state index contributed by atoms with van der Waals surface area (Å²) in [5.41, 5.74) is 7.88. The second-order valence-corrected chi connectivity index (χ2v) is 4.33. The molecule has 17 heavy (non-hydrogen) atoms. The van der Waals surface area contributed by atoms with Crippen LogP contribution in [0.1, 0.15) is 13.3 Å². The van der Waals surface area contributed by atoms with Gasteiger partial charge < -0.3 is 20.2 Å². The molecule has 5 nitrogen and oxygen atoms in total. The molecule has 3 rings (SSSR count). The van der Waals surface area contributed by atoms with Gasteiger partial charge in [0.15, 0.2) is 5.58 Å². The Morgan fingerprint density at radius 2 is 2.35 bits per heavy atom. The fraction of sp³-hybridized carbons (Fsp3) is 0.417. The third kappa shape index (κ3) is 1.82. The lowest BCUT2D eigenvalue weighted by molar-refractivity contribution is 0.121. The topological polar surface area (TPSA) is 73.3 Å². The maximum Gasteiger partial charge on any atom is 0.296 e. The van der Waals surface area contributed by atoms with E-state index in [1.165, 1.54) is 0 Å². The van der Waals surface area contributed by atoms with E-state index in [9.17, 15) is 0 Å². The first kappa shape index (κ1) is 10.4. The summed E-state index contributed by atoms with van der Waals surface area (Å²) in [7, 11) is 0. The number of hydrogen-bond donors (Lipinski definition) is 2. The van der Waals surface area contributed by atoms with Crippen LogP contribution in [0.15, 0.2) is 22.6 Å². The van der Waals surface area contributed by atoms with Crippen molar-refractivity contribution in [3.8, 4) is 0 Å². The number of para-hydroxylation sites is 1. The standard InChI is InChI=1S/C12H15N3O2/c1-7-9(5-6-16-7)14-12-15-11-8(13)3-2-4-10(11)17-12/h2-4,7,9H,5-6,13H2,1H3,(H,14,15). The number of benzene rings is 1. The lowest BCUT2D eigenvalue weighted by atomic mass is 10.2. The highest BCUT2D eigenvalue weighted by molar-refractivity contribution is 5.86. The van der Waals surface area contributed by atoms with Gasteiger partial charge in [-0.2, -0.15) is 4.98 Å². The van der Waals surface area contributed by atoms with E-state index in [1.54, 1.807) is 0 Å². The van der Waals surface area contributed by atoms with Crippen molar-refractivity contribution < 1.29 is 9.15 Å². The van der Waals surface area contributed by atoms with E-state index in [0.717, 1.165) is 13.0 Å². The van der Waals surface area contributed by atoms with E-state index in [1.807, 2.05) is 25.1 Å². The lowest BCUT2D eigenvalue weighted by Crippen LogP contribution is -2.26. The molecule has 1 aliphatic heterocycles. The molecule has 90 valence electrons. The summed E-state index contributed by atoms with van der Waals surface area (Å²) in [6.45, 7) is 2.82. The Kier molecular flexibility index (Phi) is 2.40. The van der Waals surface area contributed by atoms with Crippen LogP contribution in [0.2, 0.25) is 0 Å². The van der Waals surface area contributed by atoms with Gasteiger partial charge in [-0.15, -0.1) is 0 Å². The van der Waals surface area contributed by atoms with Crippen molar-refractivity contribution in [1.82, 2.24) is 4.98 Å². The first-order chi connectivity index (χ1) is 8.24. The van der Waals surface area contributed by atoms with Gasteiger partial charge in [0.05, 0.1) is 17.8 Å². The zero-order chi connectivity index (χ0) is 11.8. The minimum Gasteiger partial charge on any atom is -0.423 e. The van der Waals surface area contributed by atoms with Gasteiger partial charge in [0.2, 0.25) is 0 Å². The molecule has 0 saturated carbocycles. The van der Waals surface area contributed by atoms with Crippen LogP contribution in [-0.4, -0.2) is 23.7 Å². The molecule has 0 spiro atoms. The summed E-state index contributed by atoms with van der Waals surface area (Å²) in [5, 5.41) is 3.25. The molecule has 2 aromatic rings. The van der Waals surface area contributed by atoms with Gasteiger partial charge >= 0.3 is 0 Å². The van der Waals surface area contributed by atoms with Crippen LogP contribution in [0, 0.1) is 0 Å². The minimum absolute atomic E-state index is 0.183. The fourth-order valence-corrected chi connectivity index (χ4v) is 2.11. The molecule has 1 fully saturated rings. The van der Waals surface area contributed by atoms with E-state index in [2.05, 4.69) is 10.3 Å². The van der Waals surface area contributed by atoms with Gasteiger partial charge in [-0.05, 0) is 25.5 Å². The van der Waals surface area contributed by atoms with E-state index < -0.39 is 0 Å². The zero-order valence-electron chi connectivity index (χ0n) is 9.64. The van der Waals surface area contributed by atoms with Crippen molar-refractivity contribution in [3.05, 3.63) is 18.2 Å². The number of oxazole rings is 1. The SMILES string of the molecule is CC1OCCC1Nc1nc2c(N)cccc2o1. The Morgan fingerprint density at radius 3 is 3.06 bits per heavy atom. The molecule has 1 aromatic carbocycles. The monoisotopic (exact) mass is 233 g/mol. The largest absolute Gasteiger partial charge is 0.423 e. The number of ether oxygens (including phenoxy) is 1. The number of fused-ring (bicyclic) bond motifs is 1. The molecule has 1 aliphatic rings. The fourth-order valence-electron chi connectivity index (χ4n) is 2.11. The van der Waals surface area contributed by atoms with Crippen LogP contribution in [0.25, 0.3) is 11.1 Å². The smallest absolute Gasteiger partial charge is 0.296 e. The van der Waals surface area contributed by atoms with Crippen LogP contribution in [0.5, 0.6) is 0 Å². The summed E-state index contributed by atoms with van der Waals surface area (Å²) < 4.78 is 11.1. The highest BCUT2D eigenvalue weighted by atomic mass is 16.5. The summed E-state index contributed by atoms with van der Waals surface area (Å²) >= 11 is 0. The predicted octanol–water partition coefficient (Wildman–Crippen LogP) is 2.00. The summed E-state index contributed by atoms with van der Waals surface area (Å²) in [6.07, 6.45) is 1.15. The highest BCUT2D eigenvalue weighted by Gasteiger charge is 2.25. The van der Waals surface area contributed by atoms with Crippen molar-refractivity contribution in [2.45, 2.75) is 25.5 Å². The highest BCUT2D eigenvalue weighted by Crippen LogP contribution is 2.25. The van der Waals surface area contributed by atoms with Crippen molar-refractivity contribution in [2.75, 3.05) is 17.7 Å². The maximum atomic E-state index is 5.83. The zero-order valence-corrected chi connectivity index (χ0v) is 9.64. The first-order valence-electron chi connectivity index (χ1n) is 5.77. The van der Waals surface area contributed by atoms with Crippen LogP contribution in [0.3, 0.4) is 0 Å². The number of nitrogens with zero attached hydrogens (tertiary/aromatic N) is 1. The average Bonchev–Trinajstić information content (AvgIpc) is 2.87. The molecule has 0 bridgehead atoms. The van der Waals surface area contributed by atoms with Gasteiger partial charge in [0, 0.05) is 6.61 Å². The van der Waals surface area contributed by atoms with Crippen molar-refractivity contribution in [2.24, 2.45) is 0 Å². The molecular weight excluding hydrogens is 218 g/mol. The van der Waals surface area contributed by atoms with Crippen molar-refractivity contribution in [3.63, 3.8) is 0 Å². The normalized spacial score (nSPS) is 24.3. The molecule has 1 aromatic heterocycles. The second-order valence-electron chi connectivity index (χ2n) is 4.33. The molecule has 0 radical (unpaired) electrons. The third-order valence-electron chi connectivity index (χ3n) is 3.14. The van der Waals surface area contributed by atoms with E-state index >= 15 is 0 Å². The van der Waals surface area contributed by atoms with E-state index in [4.69, 9.17) is 14.9 Å². The van der Waals surface area contributed by atoms with Crippen LogP contribution in [0.4, 0.5) is 11.7 Å². The molecule has 0 amide bonds. The molecule has 0 aliphatic carbocycles. The molecule has 3 N–H and O–H groups in total. The van der Waals surface area contributed by atoms with E-state index in [-0.39, 0.29) is 12.1 Å². The number of rotatable bonds is 2. The summed E-state index contributed by atoms with van der Waals surface area (Å²) in [5.74, 6) is 0. The number of aromatic nitrogens is 1.